The summed E-state index contributed by atoms with van der Waals surface area (Å²) in [7, 11) is 1.66. The molecule has 0 atom stereocenters. The van der Waals surface area contributed by atoms with Crippen LogP contribution in [-0.4, -0.2) is 18.6 Å². The average Bonchev–Trinajstić information content (AvgIpc) is 2.52. The van der Waals surface area contributed by atoms with E-state index in [2.05, 4.69) is 17.2 Å². The summed E-state index contributed by atoms with van der Waals surface area (Å²) in [5.41, 5.74) is 3.16. The molecule has 1 heterocycles. The molecule has 0 bridgehead atoms. The number of aromatic nitrogens is 1. The Balaban J connectivity index is 2.19. The smallest absolute Gasteiger partial charge is 0.166 e. The lowest BCUT2D eigenvalue weighted by Crippen LogP contribution is -2.13. The first-order valence-corrected chi connectivity index (χ1v) is 7.16. The van der Waals surface area contributed by atoms with Gasteiger partial charge in [-0.05, 0) is 31.2 Å². The number of aryl methyl sites for hydroxylation is 1. The summed E-state index contributed by atoms with van der Waals surface area (Å²) >= 11 is 0. The molecule has 1 aromatic carbocycles. The topological polar surface area (TPSA) is 43.4 Å². The number of pyridine rings is 1. The van der Waals surface area contributed by atoms with Crippen molar-refractivity contribution in [1.82, 2.24) is 10.3 Å². The van der Waals surface area contributed by atoms with E-state index >= 15 is 0 Å². The summed E-state index contributed by atoms with van der Waals surface area (Å²) in [6, 6.07) is 9.90. The second-order valence-corrected chi connectivity index (χ2v) is 4.78. The van der Waals surface area contributed by atoms with E-state index < -0.39 is 0 Å². The normalized spacial score (nSPS) is 10.4. The highest BCUT2D eigenvalue weighted by Gasteiger charge is 2.11. The van der Waals surface area contributed by atoms with Crippen LogP contribution in [0.5, 0.6) is 11.5 Å². The lowest BCUT2D eigenvalue weighted by atomic mass is 10.1. The Kier molecular flexibility index (Phi) is 5.58. The molecule has 4 heteroatoms. The maximum atomic E-state index is 6.00. The Hall–Kier alpha value is -2.07. The molecule has 112 valence electrons. The number of benzene rings is 1. The third-order valence-electron chi connectivity index (χ3n) is 3.32. The van der Waals surface area contributed by atoms with Crippen LogP contribution in [0.3, 0.4) is 0 Å². The molecule has 21 heavy (non-hydrogen) atoms. The van der Waals surface area contributed by atoms with Crippen LogP contribution < -0.4 is 14.8 Å². The molecule has 0 aliphatic heterocycles. The van der Waals surface area contributed by atoms with Gasteiger partial charge < -0.3 is 14.8 Å². The average molecular weight is 286 g/mol. The minimum atomic E-state index is 0.437. The number of nitrogens with one attached hydrogen (secondary N) is 1. The van der Waals surface area contributed by atoms with Crippen molar-refractivity contribution in [2.75, 3.05) is 13.7 Å². The second-order valence-electron chi connectivity index (χ2n) is 4.78. The summed E-state index contributed by atoms with van der Waals surface area (Å²) in [5, 5.41) is 3.31. The van der Waals surface area contributed by atoms with Crippen molar-refractivity contribution in [3.05, 3.63) is 53.3 Å². The first kappa shape index (κ1) is 15.3. The predicted molar refractivity (Wildman–Crippen MR) is 83.7 cm³/mol. The highest BCUT2D eigenvalue weighted by Crippen LogP contribution is 2.31. The molecule has 0 aliphatic rings. The van der Waals surface area contributed by atoms with Crippen LogP contribution in [0.4, 0.5) is 0 Å². The monoisotopic (exact) mass is 286 g/mol. The summed E-state index contributed by atoms with van der Waals surface area (Å²) in [6.45, 7) is 6.22. The fraction of sp³-hybridized carbons (Fsp3) is 0.353. The van der Waals surface area contributed by atoms with Crippen LogP contribution in [0, 0.1) is 6.92 Å². The van der Waals surface area contributed by atoms with Gasteiger partial charge in [0.2, 0.25) is 0 Å². The van der Waals surface area contributed by atoms with Crippen molar-refractivity contribution in [3.63, 3.8) is 0 Å². The molecule has 0 aliphatic carbocycles. The molecule has 0 unspecified atom stereocenters. The SMILES string of the molecule is CCNCc1cccc(OC)c1OCc1ncccc1C. The van der Waals surface area contributed by atoms with Gasteiger partial charge in [-0.25, -0.2) is 0 Å². The van der Waals surface area contributed by atoms with Gasteiger partial charge in [-0.2, -0.15) is 0 Å². The van der Waals surface area contributed by atoms with Crippen molar-refractivity contribution < 1.29 is 9.47 Å². The first-order valence-electron chi connectivity index (χ1n) is 7.16. The molecule has 2 aromatic rings. The zero-order valence-electron chi connectivity index (χ0n) is 12.8. The highest BCUT2D eigenvalue weighted by molar-refractivity contribution is 5.46. The maximum absolute atomic E-state index is 6.00. The van der Waals surface area contributed by atoms with E-state index in [1.165, 1.54) is 0 Å². The van der Waals surface area contributed by atoms with Gasteiger partial charge in [0.25, 0.3) is 0 Å². The Labute approximate surface area is 126 Å². The van der Waals surface area contributed by atoms with E-state index in [1.807, 2.05) is 37.3 Å². The standard InChI is InChI=1S/C17H22N2O2/c1-4-18-11-14-8-5-9-16(20-3)17(14)21-12-15-13(2)7-6-10-19-15/h5-10,18H,4,11-12H2,1-3H3. The van der Waals surface area contributed by atoms with Gasteiger partial charge in [-0.1, -0.05) is 25.1 Å². The van der Waals surface area contributed by atoms with Crippen LogP contribution in [0.1, 0.15) is 23.7 Å². The molecular weight excluding hydrogens is 264 g/mol. The number of para-hydroxylation sites is 1. The summed E-state index contributed by atoms with van der Waals surface area (Å²) < 4.78 is 11.4. The number of methoxy groups -OCH3 is 1. The Morgan fingerprint density at radius 3 is 2.76 bits per heavy atom. The fourth-order valence-corrected chi connectivity index (χ4v) is 2.09. The van der Waals surface area contributed by atoms with Crippen LogP contribution in [-0.2, 0) is 13.2 Å². The predicted octanol–water partition coefficient (Wildman–Crippen LogP) is 3.09. The van der Waals surface area contributed by atoms with Gasteiger partial charge in [0, 0.05) is 18.3 Å². The quantitative estimate of drug-likeness (QED) is 0.849. The van der Waals surface area contributed by atoms with Crippen molar-refractivity contribution in [2.24, 2.45) is 0 Å². The minimum Gasteiger partial charge on any atom is -0.493 e. The fourth-order valence-electron chi connectivity index (χ4n) is 2.09. The summed E-state index contributed by atoms with van der Waals surface area (Å²) in [5.74, 6) is 1.53. The van der Waals surface area contributed by atoms with Crippen molar-refractivity contribution in [2.45, 2.75) is 27.0 Å². The number of nitrogens with zero attached hydrogens (tertiary/aromatic N) is 1. The van der Waals surface area contributed by atoms with Gasteiger partial charge >= 0.3 is 0 Å². The Morgan fingerprint density at radius 2 is 2.05 bits per heavy atom. The van der Waals surface area contributed by atoms with Crippen LogP contribution in [0.15, 0.2) is 36.5 Å². The third kappa shape index (κ3) is 3.95. The van der Waals surface area contributed by atoms with Crippen molar-refractivity contribution in [3.8, 4) is 11.5 Å². The maximum Gasteiger partial charge on any atom is 0.166 e. The summed E-state index contributed by atoms with van der Waals surface area (Å²) in [4.78, 5) is 4.36. The lowest BCUT2D eigenvalue weighted by molar-refractivity contribution is 0.276. The zero-order chi connectivity index (χ0) is 15.1. The molecule has 0 radical (unpaired) electrons. The Bertz CT molecular complexity index is 585. The zero-order valence-corrected chi connectivity index (χ0v) is 12.8. The molecular formula is C17H22N2O2. The van der Waals surface area contributed by atoms with Crippen LogP contribution >= 0.6 is 0 Å². The van der Waals surface area contributed by atoms with Crippen molar-refractivity contribution in [1.29, 1.82) is 0 Å². The molecule has 0 fully saturated rings. The van der Waals surface area contributed by atoms with Crippen LogP contribution in [0.2, 0.25) is 0 Å². The first-order chi connectivity index (χ1) is 10.3. The van der Waals surface area contributed by atoms with Gasteiger partial charge in [-0.3, -0.25) is 4.98 Å². The van der Waals surface area contributed by atoms with E-state index in [0.717, 1.165) is 41.4 Å². The molecule has 1 aromatic heterocycles. The minimum absolute atomic E-state index is 0.437. The summed E-state index contributed by atoms with van der Waals surface area (Å²) in [6.07, 6.45) is 1.79. The molecule has 1 N–H and O–H groups in total. The van der Waals surface area contributed by atoms with E-state index in [-0.39, 0.29) is 0 Å². The van der Waals surface area contributed by atoms with Gasteiger partial charge in [-0.15, -0.1) is 0 Å². The third-order valence-corrected chi connectivity index (χ3v) is 3.32. The Morgan fingerprint density at radius 1 is 1.19 bits per heavy atom. The second kappa shape index (κ2) is 7.64. The van der Waals surface area contributed by atoms with Gasteiger partial charge in [0.15, 0.2) is 11.5 Å². The van der Waals surface area contributed by atoms with Crippen LogP contribution in [0.25, 0.3) is 0 Å². The van der Waals surface area contributed by atoms with E-state index in [0.29, 0.717) is 6.61 Å². The molecule has 2 rings (SSSR count). The number of ether oxygens (including phenoxy) is 2. The number of hydrogen-bond donors (Lipinski definition) is 1. The largest absolute Gasteiger partial charge is 0.493 e. The van der Waals surface area contributed by atoms with E-state index in [9.17, 15) is 0 Å². The molecule has 4 nitrogen and oxygen atoms in total. The molecule has 0 saturated heterocycles. The highest BCUT2D eigenvalue weighted by atomic mass is 16.5. The van der Waals surface area contributed by atoms with Gasteiger partial charge in [0.1, 0.15) is 6.61 Å². The lowest BCUT2D eigenvalue weighted by Gasteiger charge is -2.15. The number of rotatable bonds is 7. The van der Waals surface area contributed by atoms with Gasteiger partial charge in [0.05, 0.1) is 12.8 Å². The van der Waals surface area contributed by atoms with E-state index in [1.54, 1.807) is 13.3 Å². The molecule has 0 spiro atoms. The number of hydrogen-bond acceptors (Lipinski definition) is 4. The van der Waals surface area contributed by atoms with E-state index in [4.69, 9.17) is 9.47 Å². The molecule has 0 saturated carbocycles. The van der Waals surface area contributed by atoms with Crippen molar-refractivity contribution >= 4 is 0 Å². The molecule has 0 amide bonds.